The van der Waals surface area contributed by atoms with E-state index in [4.69, 9.17) is 9.73 Å². The first kappa shape index (κ1) is 21.5. The molecule has 0 aromatic rings. The number of nitrogens with one attached hydrogen (secondary N) is 1. The number of nitrogens with zero attached hydrogens (tertiary/aromatic N) is 3. The van der Waals surface area contributed by atoms with E-state index in [0.717, 1.165) is 12.4 Å². The number of amidine groups is 1. The molecule has 0 unspecified atom stereocenters. The van der Waals surface area contributed by atoms with E-state index in [-0.39, 0.29) is 12.1 Å². The SMILES string of the molecule is C/C=C\CN=C1NC=C(C2CC2)/C1=C(/C)N1CCN(C(=O)OC(C)(C)C)C[C@@H]1C. The van der Waals surface area contributed by atoms with Gasteiger partial charge in [0.05, 0.1) is 6.54 Å². The lowest BCUT2D eigenvalue weighted by atomic mass is 10.00. The summed E-state index contributed by atoms with van der Waals surface area (Å²) in [5.41, 5.74) is 3.44. The van der Waals surface area contributed by atoms with E-state index in [0.29, 0.717) is 25.6 Å². The molecule has 0 bridgehead atoms. The standard InChI is InChI=1S/C23H36N4O2/c1-7-8-11-24-21-20(19(14-25-21)18-9-10-18)17(3)27-13-12-26(15-16(27)2)22(28)29-23(4,5)6/h7-8,14,16,18H,9-13,15H2,1-6H3,(H,24,25)/b8-7-,20-17+/t16-/m0/s1. The van der Waals surface area contributed by atoms with Crippen LogP contribution in [0.15, 0.2) is 40.2 Å². The highest BCUT2D eigenvalue weighted by atomic mass is 16.6. The molecule has 1 amide bonds. The molecule has 2 fully saturated rings. The van der Waals surface area contributed by atoms with E-state index in [1.54, 1.807) is 0 Å². The summed E-state index contributed by atoms with van der Waals surface area (Å²) in [6.45, 7) is 14.9. The van der Waals surface area contributed by atoms with E-state index in [1.165, 1.54) is 29.7 Å². The number of carbonyl (C=O) groups is 1. The van der Waals surface area contributed by atoms with Gasteiger partial charge in [-0.2, -0.15) is 0 Å². The van der Waals surface area contributed by atoms with Gasteiger partial charge in [0.2, 0.25) is 0 Å². The summed E-state index contributed by atoms with van der Waals surface area (Å²) < 4.78 is 5.56. The van der Waals surface area contributed by atoms with Gasteiger partial charge in [-0.05, 0) is 65.9 Å². The predicted molar refractivity (Wildman–Crippen MR) is 118 cm³/mol. The number of carbonyl (C=O) groups excluding carboxylic acids is 1. The van der Waals surface area contributed by atoms with Crippen molar-refractivity contribution in [2.45, 2.75) is 66.0 Å². The highest BCUT2D eigenvalue weighted by Gasteiger charge is 2.36. The molecule has 0 spiro atoms. The van der Waals surface area contributed by atoms with Crippen molar-refractivity contribution in [1.82, 2.24) is 15.1 Å². The third-order valence-corrected chi connectivity index (χ3v) is 5.57. The topological polar surface area (TPSA) is 57.2 Å². The van der Waals surface area contributed by atoms with Crippen LogP contribution in [0.25, 0.3) is 0 Å². The van der Waals surface area contributed by atoms with Gasteiger partial charge in [0.15, 0.2) is 0 Å². The van der Waals surface area contributed by atoms with E-state index < -0.39 is 5.60 Å². The zero-order valence-electron chi connectivity index (χ0n) is 18.8. The fourth-order valence-corrected chi connectivity index (χ4v) is 3.99. The third kappa shape index (κ3) is 5.22. The number of ether oxygens (including phenoxy) is 1. The van der Waals surface area contributed by atoms with Crippen molar-refractivity contribution < 1.29 is 9.53 Å². The van der Waals surface area contributed by atoms with Gasteiger partial charge in [-0.1, -0.05) is 12.2 Å². The Morgan fingerprint density at radius 2 is 2.07 bits per heavy atom. The van der Waals surface area contributed by atoms with Crippen LogP contribution in [0.3, 0.4) is 0 Å². The second-order valence-corrected chi connectivity index (χ2v) is 9.21. The van der Waals surface area contributed by atoms with Crippen LogP contribution in [0.5, 0.6) is 0 Å². The molecular formula is C23H36N4O2. The van der Waals surface area contributed by atoms with Gasteiger partial charge in [0.1, 0.15) is 11.4 Å². The zero-order valence-corrected chi connectivity index (χ0v) is 18.8. The van der Waals surface area contributed by atoms with Crippen molar-refractivity contribution in [3.63, 3.8) is 0 Å². The van der Waals surface area contributed by atoms with Crippen LogP contribution in [0, 0.1) is 5.92 Å². The minimum absolute atomic E-state index is 0.219. The molecule has 6 heteroatoms. The molecule has 1 aliphatic carbocycles. The maximum Gasteiger partial charge on any atom is 0.410 e. The Morgan fingerprint density at radius 3 is 2.66 bits per heavy atom. The first-order valence-corrected chi connectivity index (χ1v) is 10.8. The van der Waals surface area contributed by atoms with Gasteiger partial charge in [-0.3, -0.25) is 4.99 Å². The van der Waals surface area contributed by atoms with Gasteiger partial charge >= 0.3 is 6.09 Å². The molecule has 3 aliphatic rings. The van der Waals surface area contributed by atoms with E-state index in [1.807, 2.05) is 38.7 Å². The Balaban J connectivity index is 1.77. The molecule has 0 radical (unpaired) electrons. The first-order chi connectivity index (χ1) is 13.7. The summed E-state index contributed by atoms with van der Waals surface area (Å²) in [5, 5.41) is 3.41. The van der Waals surface area contributed by atoms with Crippen molar-refractivity contribution in [2.24, 2.45) is 10.9 Å². The Morgan fingerprint density at radius 1 is 1.34 bits per heavy atom. The lowest BCUT2D eigenvalue weighted by Crippen LogP contribution is -2.54. The average molecular weight is 401 g/mol. The summed E-state index contributed by atoms with van der Waals surface area (Å²) in [4.78, 5) is 21.5. The highest BCUT2D eigenvalue weighted by Crippen LogP contribution is 2.43. The van der Waals surface area contributed by atoms with Crippen LogP contribution >= 0.6 is 0 Å². The molecule has 1 saturated heterocycles. The van der Waals surface area contributed by atoms with Crippen molar-refractivity contribution in [1.29, 1.82) is 0 Å². The summed E-state index contributed by atoms with van der Waals surface area (Å²) >= 11 is 0. The van der Waals surface area contributed by atoms with Crippen LogP contribution in [0.2, 0.25) is 0 Å². The Labute approximate surface area is 175 Å². The number of piperazine rings is 1. The highest BCUT2D eigenvalue weighted by molar-refractivity contribution is 6.06. The van der Waals surface area contributed by atoms with Crippen LogP contribution in [0.4, 0.5) is 4.79 Å². The maximum absolute atomic E-state index is 12.5. The van der Waals surface area contributed by atoms with Gasteiger partial charge in [0, 0.05) is 43.1 Å². The minimum Gasteiger partial charge on any atom is -0.444 e. The normalized spacial score (nSPS) is 26.1. The molecule has 160 valence electrons. The van der Waals surface area contributed by atoms with Crippen molar-refractivity contribution in [3.8, 4) is 0 Å². The molecule has 29 heavy (non-hydrogen) atoms. The molecule has 2 heterocycles. The number of amides is 1. The summed E-state index contributed by atoms with van der Waals surface area (Å²) in [6.07, 6.45) is 8.54. The lowest BCUT2D eigenvalue weighted by molar-refractivity contribution is 0.0101. The van der Waals surface area contributed by atoms with E-state index in [2.05, 4.69) is 36.3 Å². The number of hydrogen-bond acceptors (Lipinski definition) is 4. The average Bonchev–Trinajstić information content (AvgIpc) is 3.40. The Bertz CT molecular complexity index is 753. The van der Waals surface area contributed by atoms with Crippen LogP contribution in [-0.4, -0.2) is 59.6 Å². The number of hydrogen-bond donors (Lipinski definition) is 1. The van der Waals surface area contributed by atoms with E-state index >= 15 is 0 Å². The molecule has 3 rings (SSSR count). The van der Waals surface area contributed by atoms with Gasteiger partial charge in [0.25, 0.3) is 0 Å². The molecular weight excluding hydrogens is 364 g/mol. The first-order valence-electron chi connectivity index (χ1n) is 10.8. The Kier molecular flexibility index (Phi) is 6.39. The summed E-state index contributed by atoms with van der Waals surface area (Å²) in [7, 11) is 0. The molecule has 1 atom stereocenters. The fraction of sp³-hybridized carbons (Fsp3) is 0.652. The fourth-order valence-electron chi connectivity index (χ4n) is 3.99. The van der Waals surface area contributed by atoms with Crippen LogP contribution in [-0.2, 0) is 4.74 Å². The number of aliphatic imine (C=N–C) groups is 1. The largest absolute Gasteiger partial charge is 0.444 e. The van der Waals surface area contributed by atoms with Crippen molar-refractivity contribution in [2.75, 3.05) is 26.2 Å². The monoisotopic (exact) mass is 400 g/mol. The number of rotatable bonds is 4. The van der Waals surface area contributed by atoms with Crippen molar-refractivity contribution >= 4 is 11.9 Å². The van der Waals surface area contributed by atoms with Gasteiger partial charge in [-0.15, -0.1) is 0 Å². The molecule has 2 aliphatic heterocycles. The third-order valence-electron chi connectivity index (χ3n) is 5.57. The lowest BCUT2D eigenvalue weighted by Gasteiger charge is -2.42. The smallest absolute Gasteiger partial charge is 0.410 e. The molecule has 0 aromatic carbocycles. The second-order valence-electron chi connectivity index (χ2n) is 9.21. The van der Waals surface area contributed by atoms with E-state index in [9.17, 15) is 4.79 Å². The second kappa shape index (κ2) is 8.64. The summed E-state index contributed by atoms with van der Waals surface area (Å²) in [5.74, 6) is 1.63. The molecule has 0 aromatic heterocycles. The van der Waals surface area contributed by atoms with Gasteiger partial charge < -0.3 is 19.9 Å². The quantitative estimate of drug-likeness (QED) is 0.723. The Hall–Kier alpha value is -2.24. The molecule has 6 nitrogen and oxygen atoms in total. The zero-order chi connectivity index (χ0) is 21.2. The maximum atomic E-state index is 12.5. The molecule has 1 N–H and O–H groups in total. The predicted octanol–water partition coefficient (Wildman–Crippen LogP) is 4.07. The van der Waals surface area contributed by atoms with Crippen LogP contribution < -0.4 is 5.32 Å². The minimum atomic E-state index is -0.465. The number of allylic oxidation sites excluding steroid dienone is 2. The van der Waals surface area contributed by atoms with Crippen molar-refractivity contribution in [3.05, 3.63) is 35.2 Å². The summed E-state index contributed by atoms with van der Waals surface area (Å²) in [6, 6.07) is 0.224. The van der Waals surface area contributed by atoms with Gasteiger partial charge in [-0.25, -0.2) is 4.79 Å². The van der Waals surface area contributed by atoms with Crippen LogP contribution in [0.1, 0.15) is 54.4 Å². The molecule has 1 saturated carbocycles.